The summed E-state index contributed by atoms with van der Waals surface area (Å²) < 4.78 is 0. The lowest BCUT2D eigenvalue weighted by atomic mass is 9.54. The topological polar surface area (TPSA) is 17.1 Å². The molecule has 0 radical (unpaired) electrons. The first-order chi connectivity index (χ1) is 10.5. The fraction of sp³-hybridized carbons (Fsp3) is 0.762. The Hall–Kier alpha value is -0.850. The number of allylic oxidation sites excluding steroid dienone is 4. The van der Waals surface area contributed by atoms with Crippen LogP contribution in [0.4, 0.5) is 0 Å². The van der Waals surface area contributed by atoms with Crippen LogP contribution in [-0.4, -0.2) is 5.78 Å². The zero-order valence-electron chi connectivity index (χ0n) is 14.4. The van der Waals surface area contributed by atoms with Crippen LogP contribution in [0.5, 0.6) is 0 Å². The van der Waals surface area contributed by atoms with Gasteiger partial charge in [-0.15, -0.1) is 0 Å². The van der Waals surface area contributed by atoms with Gasteiger partial charge in [-0.1, -0.05) is 31.9 Å². The number of carbonyl (C=O) groups is 1. The molecule has 0 aromatic carbocycles. The molecule has 4 rings (SSSR count). The lowest BCUT2D eigenvalue weighted by molar-refractivity contribution is -0.110. The molecule has 0 bridgehead atoms. The zero-order chi connectivity index (χ0) is 15.5. The van der Waals surface area contributed by atoms with Gasteiger partial charge in [0, 0.05) is 5.41 Å². The molecule has 1 spiro atoms. The first-order valence-corrected chi connectivity index (χ1v) is 9.43. The van der Waals surface area contributed by atoms with Gasteiger partial charge in [0.25, 0.3) is 0 Å². The second-order valence-corrected chi connectivity index (χ2v) is 8.75. The smallest absolute Gasteiger partial charge is 0.178 e. The van der Waals surface area contributed by atoms with E-state index in [0.29, 0.717) is 5.41 Å². The standard InChI is InChI=1S/C21H30O/c1-4-15-5-6-18-17-8-12-21(11-7-16(22)13-14(21)2)19(17)9-10-20(15,18)3/h7,11,13,15,17-19H,4-6,8-10,12H2,1-3H3/t15-,17-,18-,19-,20+,21?/m0/s1. The minimum atomic E-state index is 0.194. The lowest BCUT2D eigenvalue weighted by Crippen LogP contribution is -2.43. The summed E-state index contributed by atoms with van der Waals surface area (Å²) >= 11 is 0. The number of hydrogen-bond donors (Lipinski definition) is 0. The molecule has 4 aliphatic rings. The molecule has 0 N–H and O–H groups in total. The van der Waals surface area contributed by atoms with Crippen molar-refractivity contribution in [2.45, 2.75) is 65.7 Å². The molecule has 0 aliphatic heterocycles. The fourth-order valence-corrected chi connectivity index (χ4v) is 7.15. The van der Waals surface area contributed by atoms with E-state index in [2.05, 4.69) is 26.8 Å². The second-order valence-electron chi connectivity index (χ2n) is 8.75. The average Bonchev–Trinajstić information content (AvgIpc) is 3.02. The van der Waals surface area contributed by atoms with Crippen molar-refractivity contribution in [2.75, 3.05) is 0 Å². The zero-order valence-corrected chi connectivity index (χ0v) is 14.4. The summed E-state index contributed by atoms with van der Waals surface area (Å²) in [7, 11) is 0. The third-order valence-corrected chi connectivity index (χ3v) is 8.32. The van der Waals surface area contributed by atoms with Crippen LogP contribution in [0, 0.1) is 34.5 Å². The summed E-state index contributed by atoms with van der Waals surface area (Å²) in [5, 5.41) is 0. The van der Waals surface area contributed by atoms with Crippen LogP contribution in [0.25, 0.3) is 0 Å². The highest BCUT2D eigenvalue weighted by Crippen LogP contribution is 2.68. The van der Waals surface area contributed by atoms with Crippen molar-refractivity contribution in [3.63, 3.8) is 0 Å². The predicted octanol–water partition coefficient (Wildman–Crippen LogP) is 5.32. The fourth-order valence-electron chi connectivity index (χ4n) is 7.15. The van der Waals surface area contributed by atoms with E-state index in [1.165, 1.54) is 50.5 Å². The Bertz CT molecular complexity index is 556. The van der Waals surface area contributed by atoms with Crippen LogP contribution in [-0.2, 0) is 4.79 Å². The molecule has 0 saturated heterocycles. The van der Waals surface area contributed by atoms with Gasteiger partial charge in [-0.05, 0) is 86.7 Å². The summed E-state index contributed by atoms with van der Waals surface area (Å²) in [5.74, 6) is 3.78. The van der Waals surface area contributed by atoms with Gasteiger partial charge in [-0.2, -0.15) is 0 Å². The minimum Gasteiger partial charge on any atom is -0.290 e. The molecule has 3 fully saturated rings. The molecule has 1 nitrogen and oxygen atoms in total. The maximum atomic E-state index is 11.7. The van der Waals surface area contributed by atoms with E-state index in [-0.39, 0.29) is 11.2 Å². The minimum absolute atomic E-state index is 0.194. The Balaban J connectivity index is 1.67. The molecule has 3 saturated carbocycles. The highest BCUT2D eigenvalue weighted by atomic mass is 16.1. The second kappa shape index (κ2) is 4.82. The van der Waals surface area contributed by atoms with Crippen LogP contribution >= 0.6 is 0 Å². The summed E-state index contributed by atoms with van der Waals surface area (Å²) in [6.07, 6.45) is 15.8. The van der Waals surface area contributed by atoms with Gasteiger partial charge in [0.1, 0.15) is 0 Å². The number of rotatable bonds is 1. The predicted molar refractivity (Wildman–Crippen MR) is 90.4 cm³/mol. The van der Waals surface area contributed by atoms with Gasteiger partial charge in [0.15, 0.2) is 5.78 Å². The molecule has 22 heavy (non-hydrogen) atoms. The van der Waals surface area contributed by atoms with E-state index >= 15 is 0 Å². The van der Waals surface area contributed by atoms with Gasteiger partial charge in [0.2, 0.25) is 0 Å². The Labute approximate surface area is 135 Å². The van der Waals surface area contributed by atoms with Gasteiger partial charge in [0.05, 0.1) is 0 Å². The maximum Gasteiger partial charge on any atom is 0.178 e. The molecule has 0 amide bonds. The van der Waals surface area contributed by atoms with E-state index in [4.69, 9.17) is 0 Å². The first-order valence-electron chi connectivity index (χ1n) is 9.43. The van der Waals surface area contributed by atoms with E-state index in [9.17, 15) is 4.79 Å². The quantitative estimate of drug-likeness (QED) is 0.640. The largest absolute Gasteiger partial charge is 0.290 e. The van der Waals surface area contributed by atoms with Crippen molar-refractivity contribution in [2.24, 2.45) is 34.5 Å². The van der Waals surface area contributed by atoms with Crippen LogP contribution in [0.3, 0.4) is 0 Å². The SMILES string of the molecule is CC[C@H]1CC[C@H]2[C@@H]3CCC4(C=CC(=O)C=C4C)[C@H]3CC[C@]12C. The van der Waals surface area contributed by atoms with Crippen molar-refractivity contribution in [1.29, 1.82) is 0 Å². The molecule has 1 unspecified atom stereocenters. The Morgan fingerprint density at radius 2 is 1.95 bits per heavy atom. The van der Waals surface area contributed by atoms with E-state index in [1.54, 1.807) is 0 Å². The van der Waals surface area contributed by atoms with Crippen molar-refractivity contribution < 1.29 is 4.79 Å². The van der Waals surface area contributed by atoms with E-state index < -0.39 is 0 Å². The molecule has 120 valence electrons. The van der Waals surface area contributed by atoms with Crippen molar-refractivity contribution in [3.05, 3.63) is 23.8 Å². The molecule has 6 atom stereocenters. The van der Waals surface area contributed by atoms with E-state index in [0.717, 1.165) is 23.7 Å². The third-order valence-electron chi connectivity index (χ3n) is 8.32. The summed E-state index contributed by atoms with van der Waals surface area (Å²) in [6, 6.07) is 0. The van der Waals surface area contributed by atoms with Crippen molar-refractivity contribution in [1.82, 2.24) is 0 Å². The van der Waals surface area contributed by atoms with Gasteiger partial charge in [-0.25, -0.2) is 0 Å². The monoisotopic (exact) mass is 298 g/mol. The number of hydrogen-bond acceptors (Lipinski definition) is 1. The Morgan fingerprint density at radius 3 is 2.68 bits per heavy atom. The maximum absolute atomic E-state index is 11.7. The number of carbonyl (C=O) groups excluding carboxylic acids is 1. The van der Waals surface area contributed by atoms with Crippen LogP contribution < -0.4 is 0 Å². The normalized spacial score (nSPS) is 50.1. The highest BCUT2D eigenvalue weighted by Gasteiger charge is 2.59. The molecular weight excluding hydrogens is 268 g/mol. The van der Waals surface area contributed by atoms with Crippen LogP contribution in [0.15, 0.2) is 23.8 Å². The molecule has 4 aliphatic carbocycles. The van der Waals surface area contributed by atoms with Crippen molar-refractivity contribution in [3.8, 4) is 0 Å². The van der Waals surface area contributed by atoms with Crippen LogP contribution in [0.1, 0.15) is 65.7 Å². The average molecular weight is 298 g/mol. The molecule has 0 heterocycles. The first kappa shape index (κ1) is 14.7. The molecule has 0 aromatic heterocycles. The Kier molecular flexibility index (Phi) is 3.23. The molecular formula is C21H30O. The highest BCUT2D eigenvalue weighted by molar-refractivity contribution is 6.01. The van der Waals surface area contributed by atoms with E-state index in [1.807, 2.05) is 12.2 Å². The summed E-state index contributed by atoms with van der Waals surface area (Å²) in [6.45, 7) is 7.20. The summed E-state index contributed by atoms with van der Waals surface area (Å²) in [5.41, 5.74) is 2.18. The Morgan fingerprint density at radius 1 is 1.14 bits per heavy atom. The summed E-state index contributed by atoms with van der Waals surface area (Å²) in [4.78, 5) is 11.7. The van der Waals surface area contributed by atoms with Gasteiger partial charge < -0.3 is 0 Å². The number of ketones is 1. The van der Waals surface area contributed by atoms with Crippen molar-refractivity contribution >= 4 is 5.78 Å². The number of fused-ring (bicyclic) bond motifs is 4. The third kappa shape index (κ3) is 1.74. The van der Waals surface area contributed by atoms with Crippen LogP contribution in [0.2, 0.25) is 0 Å². The molecule has 1 heteroatoms. The van der Waals surface area contributed by atoms with Gasteiger partial charge in [-0.3, -0.25) is 4.79 Å². The molecule has 0 aromatic rings. The van der Waals surface area contributed by atoms with Gasteiger partial charge >= 0.3 is 0 Å². The lowest BCUT2D eigenvalue weighted by Gasteiger charge is -2.50.